The molecule has 200 valence electrons. The fourth-order valence-electron chi connectivity index (χ4n) is 4.37. The first kappa shape index (κ1) is 27.2. The number of esters is 1. The number of hydrogen-bond acceptors (Lipinski definition) is 7. The number of carbonyl (C=O) groups is 1. The van der Waals surface area contributed by atoms with Gasteiger partial charge in [0.05, 0.1) is 33.5 Å². The predicted molar refractivity (Wildman–Crippen MR) is 157 cm³/mol. The Balaban J connectivity index is 1.62. The molecular weight excluding hydrogens is 552 g/mol. The van der Waals surface area contributed by atoms with Crippen LogP contribution < -0.4 is 14.9 Å². The molecule has 0 aliphatic carbocycles. The van der Waals surface area contributed by atoms with Crippen molar-refractivity contribution >= 4 is 46.7 Å². The molecule has 1 aliphatic rings. The van der Waals surface area contributed by atoms with Crippen molar-refractivity contribution in [1.29, 1.82) is 0 Å². The van der Waals surface area contributed by atoms with E-state index in [1.165, 1.54) is 11.3 Å². The molecule has 1 atom stereocenters. The summed E-state index contributed by atoms with van der Waals surface area (Å²) in [5.74, 6) is 0.841. The normalized spacial score (nSPS) is 15.4. The number of rotatable bonds is 7. The van der Waals surface area contributed by atoms with Crippen LogP contribution >= 0.6 is 34.7 Å². The first-order chi connectivity index (χ1) is 18.8. The number of thioether (sulfide) groups is 1. The Morgan fingerprint density at radius 1 is 1.18 bits per heavy atom. The third-order valence-corrected chi connectivity index (χ3v) is 8.32. The molecule has 0 N–H and O–H groups in total. The summed E-state index contributed by atoms with van der Waals surface area (Å²) in [4.78, 5) is 33.4. The molecule has 39 heavy (non-hydrogen) atoms. The average molecular weight is 579 g/mol. The first-order valence-corrected chi connectivity index (χ1v) is 14.9. The van der Waals surface area contributed by atoms with Crippen LogP contribution in [0.15, 0.2) is 91.0 Å². The van der Waals surface area contributed by atoms with E-state index >= 15 is 0 Å². The fourth-order valence-corrected chi connectivity index (χ4v) is 6.03. The second kappa shape index (κ2) is 11.4. The smallest absolute Gasteiger partial charge is 0.338 e. The number of aromatic nitrogens is 1. The van der Waals surface area contributed by atoms with Crippen molar-refractivity contribution in [2.75, 3.05) is 12.9 Å². The minimum absolute atomic E-state index is 0.180. The number of halogens is 1. The van der Waals surface area contributed by atoms with Crippen molar-refractivity contribution in [3.8, 4) is 11.3 Å². The Hall–Kier alpha value is -3.33. The van der Waals surface area contributed by atoms with Gasteiger partial charge in [0.1, 0.15) is 11.5 Å². The second-order valence-corrected chi connectivity index (χ2v) is 11.8. The summed E-state index contributed by atoms with van der Waals surface area (Å²) in [7, 11) is 0. The van der Waals surface area contributed by atoms with Crippen molar-refractivity contribution in [3.05, 3.63) is 108 Å². The molecule has 9 heteroatoms. The zero-order valence-electron chi connectivity index (χ0n) is 21.9. The lowest BCUT2D eigenvalue weighted by Gasteiger charge is -2.25. The lowest BCUT2D eigenvalue weighted by molar-refractivity contribution is -0.140. The number of thiazole rings is 1. The van der Waals surface area contributed by atoms with Crippen LogP contribution in [0.5, 0.6) is 0 Å². The van der Waals surface area contributed by atoms with E-state index in [2.05, 4.69) is 4.99 Å². The van der Waals surface area contributed by atoms with E-state index in [0.717, 1.165) is 16.0 Å². The minimum Gasteiger partial charge on any atom is -0.462 e. The topological polar surface area (TPSA) is 73.8 Å². The summed E-state index contributed by atoms with van der Waals surface area (Å²) < 4.78 is 13.7. The van der Waals surface area contributed by atoms with E-state index < -0.39 is 12.0 Å². The maximum absolute atomic E-state index is 13.8. The van der Waals surface area contributed by atoms with Crippen LogP contribution in [0.3, 0.4) is 0 Å². The third kappa shape index (κ3) is 5.55. The monoisotopic (exact) mass is 578 g/mol. The van der Waals surface area contributed by atoms with Crippen LogP contribution in [0.4, 0.5) is 0 Å². The van der Waals surface area contributed by atoms with Gasteiger partial charge < -0.3 is 9.15 Å². The standard InChI is InChI=1S/C30H27ClN2O4S2/c1-17(2)16-36-29(35)26-18(3)32-30-33(27(26)19-9-12-21(38-4)13-10-19)28(34)25(39-30)15-20-11-14-24(37-20)22-7-5-6-8-23(22)31/h5-15,17,27H,16H2,1-4H3. The van der Waals surface area contributed by atoms with E-state index in [1.807, 2.05) is 68.6 Å². The van der Waals surface area contributed by atoms with Crippen LogP contribution in [0.25, 0.3) is 17.4 Å². The zero-order valence-corrected chi connectivity index (χ0v) is 24.3. The van der Waals surface area contributed by atoms with Gasteiger partial charge in [-0.25, -0.2) is 9.79 Å². The Morgan fingerprint density at radius 3 is 2.62 bits per heavy atom. The number of allylic oxidation sites excluding steroid dienone is 1. The Morgan fingerprint density at radius 2 is 1.92 bits per heavy atom. The van der Waals surface area contributed by atoms with Gasteiger partial charge in [-0.2, -0.15) is 0 Å². The molecule has 0 saturated carbocycles. The maximum Gasteiger partial charge on any atom is 0.338 e. The summed E-state index contributed by atoms with van der Waals surface area (Å²) >= 11 is 9.21. The molecule has 1 unspecified atom stereocenters. The van der Waals surface area contributed by atoms with Gasteiger partial charge in [-0.05, 0) is 61.1 Å². The highest BCUT2D eigenvalue weighted by molar-refractivity contribution is 7.98. The van der Waals surface area contributed by atoms with Crippen LogP contribution in [-0.4, -0.2) is 23.4 Å². The first-order valence-electron chi connectivity index (χ1n) is 12.4. The summed E-state index contributed by atoms with van der Waals surface area (Å²) in [6.07, 6.45) is 3.71. The number of fused-ring (bicyclic) bond motifs is 1. The molecule has 0 fully saturated rings. The number of furan rings is 1. The quantitative estimate of drug-likeness (QED) is 0.197. The Bertz CT molecular complexity index is 1750. The summed E-state index contributed by atoms with van der Waals surface area (Å²) in [6, 6.07) is 18.3. The van der Waals surface area contributed by atoms with E-state index in [-0.39, 0.29) is 18.1 Å². The van der Waals surface area contributed by atoms with Gasteiger partial charge in [0.15, 0.2) is 4.80 Å². The molecule has 6 nitrogen and oxygen atoms in total. The van der Waals surface area contributed by atoms with Crippen molar-refractivity contribution in [1.82, 2.24) is 4.57 Å². The highest BCUT2D eigenvalue weighted by atomic mass is 35.5. The van der Waals surface area contributed by atoms with Crippen LogP contribution in [0, 0.1) is 5.92 Å². The molecule has 1 aliphatic heterocycles. The van der Waals surface area contributed by atoms with Crippen molar-refractivity contribution in [2.45, 2.75) is 31.7 Å². The molecule has 2 aromatic heterocycles. The average Bonchev–Trinajstić information content (AvgIpc) is 3.51. The van der Waals surface area contributed by atoms with Crippen LogP contribution in [0.1, 0.15) is 38.1 Å². The molecule has 3 heterocycles. The van der Waals surface area contributed by atoms with Crippen molar-refractivity contribution < 1.29 is 13.9 Å². The van der Waals surface area contributed by atoms with Crippen LogP contribution in [-0.2, 0) is 9.53 Å². The number of ether oxygens (including phenoxy) is 1. The van der Waals surface area contributed by atoms with Crippen molar-refractivity contribution in [2.24, 2.45) is 10.9 Å². The summed E-state index contributed by atoms with van der Waals surface area (Å²) in [6.45, 7) is 6.03. The van der Waals surface area contributed by atoms with Gasteiger partial charge in [0.2, 0.25) is 0 Å². The third-order valence-electron chi connectivity index (χ3n) is 6.26. The van der Waals surface area contributed by atoms with Crippen molar-refractivity contribution in [3.63, 3.8) is 0 Å². The molecule has 5 rings (SSSR count). The predicted octanol–water partition coefficient (Wildman–Crippen LogP) is 6.07. The van der Waals surface area contributed by atoms with Gasteiger partial charge >= 0.3 is 5.97 Å². The molecule has 0 bridgehead atoms. The van der Waals surface area contributed by atoms with Gasteiger partial charge in [-0.3, -0.25) is 9.36 Å². The van der Waals surface area contributed by atoms with E-state index in [1.54, 1.807) is 41.5 Å². The highest BCUT2D eigenvalue weighted by Crippen LogP contribution is 2.32. The molecule has 0 amide bonds. The number of carbonyl (C=O) groups excluding carboxylic acids is 1. The fraction of sp³-hybridized carbons (Fsp3) is 0.233. The molecule has 0 saturated heterocycles. The van der Waals surface area contributed by atoms with E-state index in [4.69, 9.17) is 20.8 Å². The second-order valence-electron chi connectivity index (χ2n) is 9.53. The summed E-state index contributed by atoms with van der Waals surface area (Å²) in [5.41, 5.74) is 2.23. The molecule has 4 aromatic rings. The lowest BCUT2D eigenvalue weighted by atomic mass is 9.96. The zero-order chi connectivity index (χ0) is 27.7. The number of hydrogen-bond donors (Lipinski definition) is 0. The number of benzene rings is 2. The lowest BCUT2D eigenvalue weighted by Crippen LogP contribution is -2.40. The molecular formula is C30H27ClN2O4S2. The highest BCUT2D eigenvalue weighted by Gasteiger charge is 2.33. The molecule has 0 radical (unpaired) electrons. The van der Waals surface area contributed by atoms with E-state index in [0.29, 0.717) is 37.1 Å². The molecule has 2 aromatic carbocycles. The minimum atomic E-state index is -0.658. The SMILES string of the molecule is CSc1ccc(C2C(C(=O)OCC(C)C)=C(C)N=c3sc(=Cc4ccc(-c5ccccc5Cl)o4)c(=O)n32)cc1. The maximum atomic E-state index is 13.8. The summed E-state index contributed by atoms with van der Waals surface area (Å²) in [5, 5.41) is 0.581. The van der Waals surface area contributed by atoms with Gasteiger partial charge in [0.25, 0.3) is 5.56 Å². The Kier molecular flexibility index (Phi) is 7.98. The molecule has 0 spiro atoms. The largest absolute Gasteiger partial charge is 0.462 e. The van der Waals surface area contributed by atoms with E-state index in [9.17, 15) is 9.59 Å². The van der Waals surface area contributed by atoms with Gasteiger partial charge in [-0.15, -0.1) is 11.8 Å². The Labute approximate surface area is 239 Å². The number of nitrogens with zero attached hydrogens (tertiary/aromatic N) is 2. The van der Waals surface area contributed by atoms with Crippen LogP contribution in [0.2, 0.25) is 5.02 Å². The van der Waals surface area contributed by atoms with Gasteiger partial charge in [0, 0.05) is 16.5 Å². The van der Waals surface area contributed by atoms with Gasteiger partial charge in [-0.1, -0.05) is 61.1 Å².